The summed E-state index contributed by atoms with van der Waals surface area (Å²) in [5, 5.41) is 4.45. The van der Waals surface area contributed by atoms with Gasteiger partial charge in [0.2, 0.25) is 0 Å². The molecular formula is C22H22N4O3. The van der Waals surface area contributed by atoms with Crippen molar-refractivity contribution in [2.24, 2.45) is 0 Å². The number of methoxy groups -OCH3 is 1. The molecular weight excluding hydrogens is 368 g/mol. The Kier molecular flexibility index (Phi) is 5.29. The Labute approximate surface area is 169 Å². The van der Waals surface area contributed by atoms with Crippen LogP contribution in [-0.2, 0) is 0 Å². The highest BCUT2D eigenvalue weighted by Gasteiger charge is 2.29. The second kappa shape index (κ2) is 8.18. The zero-order valence-corrected chi connectivity index (χ0v) is 16.2. The number of amides is 2. The fraction of sp³-hybridized carbons (Fsp3) is 0.227. The Bertz CT molecular complexity index is 993. The minimum Gasteiger partial charge on any atom is -0.493 e. The van der Waals surface area contributed by atoms with Gasteiger partial charge in [-0.2, -0.15) is 5.10 Å². The van der Waals surface area contributed by atoms with Crippen LogP contribution in [0.25, 0.3) is 5.69 Å². The first-order chi connectivity index (χ1) is 14.2. The minimum atomic E-state index is -0.191. The van der Waals surface area contributed by atoms with Gasteiger partial charge in [0.05, 0.1) is 19.0 Å². The summed E-state index contributed by atoms with van der Waals surface area (Å²) in [6.07, 6.45) is 1.71. The molecule has 1 aliphatic rings. The predicted octanol–water partition coefficient (Wildman–Crippen LogP) is 2.48. The predicted molar refractivity (Wildman–Crippen MR) is 108 cm³/mol. The highest BCUT2D eigenvalue weighted by Crippen LogP contribution is 2.22. The first-order valence-electron chi connectivity index (χ1n) is 9.50. The molecule has 0 unspecified atom stereocenters. The fourth-order valence-electron chi connectivity index (χ4n) is 3.39. The molecule has 7 heteroatoms. The first kappa shape index (κ1) is 18.7. The lowest BCUT2D eigenvalue weighted by Crippen LogP contribution is -2.50. The van der Waals surface area contributed by atoms with E-state index in [1.54, 1.807) is 32.8 Å². The van der Waals surface area contributed by atoms with Crippen LogP contribution in [-0.4, -0.2) is 64.7 Å². The lowest BCUT2D eigenvalue weighted by atomic mass is 10.2. The van der Waals surface area contributed by atoms with E-state index in [4.69, 9.17) is 4.74 Å². The molecule has 7 nitrogen and oxygen atoms in total. The van der Waals surface area contributed by atoms with Gasteiger partial charge in [-0.1, -0.05) is 36.4 Å². The molecule has 0 aliphatic carbocycles. The zero-order valence-electron chi connectivity index (χ0n) is 16.2. The average Bonchev–Trinajstić information content (AvgIpc) is 3.24. The van der Waals surface area contributed by atoms with Crippen molar-refractivity contribution in [2.45, 2.75) is 0 Å². The Morgan fingerprint density at radius 2 is 1.38 bits per heavy atom. The van der Waals surface area contributed by atoms with E-state index in [1.165, 1.54) is 7.11 Å². The van der Waals surface area contributed by atoms with Gasteiger partial charge in [0, 0.05) is 31.7 Å². The van der Waals surface area contributed by atoms with Gasteiger partial charge in [-0.25, -0.2) is 4.68 Å². The van der Waals surface area contributed by atoms with Crippen molar-refractivity contribution >= 4 is 11.8 Å². The second-order valence-electron chi connectivity index (χ2n) is 6.78. The van der Waals surface area contributed by atoms with E-state index in [2.05, 4.69) is 5.10 Å². The van der Waals surface area contributed by atoms with Gasteiger partial charge >= 0.3 is 0 Å². The van der Waals surface area contributed by atoms with Crippen molar-refractivity contribution in [2.75, 3.05) is 33.3 Å². The second-order valence-corrected chi connectivity index (χ2v) is 6.78. The van der Waals surface area contributed by atoms with E-state index >= 15 is 0 Å². The molecule has 0 atom stereocenters. The minimum absolute atomic E-state index is 0.0105. The number of rotatable bonds is 4. The number of hydrogen-bond acceptors (Lipinski definition) is 4. The summed E-state index contributed by atoms with van der Waals surface area (Å²) >= 11 is 0. The summed E-state index contributed by atoms with van der Waals surface area (Å²) < 4.78 is 7.02. The van der Waals surface area contributed by atoms with Crippen molar-refractivity contribution in [3.05, 3.63) is 78.1 Å². The van der Waals surface area contributed by atoms with Crippen molar-refractivity contribution in [1.29, 1.82) is 0 Å². The number of benzene rings is 2. The SMILES string of the molecule is COc1cn(-c2ccccc2)nc1C(=O)N1CCN(C(=O)c2ccccc2)CC1. The highest BCUT2D eigenvalue weighted by molar-refractivity contribution is 5.96. The maximum atomic E-state index is 13.0. The summed E-state index contributed by atoms with van der Waals surface area (Å²) in [6, 6.07) is 18.8. The molecule has 0 N–H and O–H groups in total. The summed E-state index contributed by atoms with van der Waals surface area (Å²) in [6.45, 7) is 1.89. The van der Waals surface area contributed by atoms with Crippen LogP contribution in [0.15, 0.2) is 66.9 Å². The molecule has 1 saturated heterocycles. The van der Waals surface area contributed by atoms with Gasteiger partial charge in [0.1, 0.15) is 0 Å². The number of aromatic nitrogens is 2. The Morgan fingerprint density at radius 1 is 0.828 bits per heavy atom. The van der Waals surface area contributed by atoms with Crippen LogP contribution in [0.1, 0.15) is 20.8 Å². The molecule has 2 amide bonds. The Balaban J connectivity index is 1.46. The van der Waals surface area contributed by atoms with Crippen LogP contribution in [0, 0.1) is 0 Å². The molecule has 0 saturated carbocycles. The van der Waals surface area contributed by atoms with Crippen LogP contribution in [0.4, 0.5) is 0 Å². The van der Waals surface area contributed by atoms with Crippen LogP contribution in [0.3, 0.4) is 0 Å². The van der Waals surface area contributed by atoms with E-state index in [1.807, 2.05) is 48.5 Å². The quantitative estimate of drug-likeness (QED) is 0.686. The lowest BCUT2D eigenvalue weighted by molar-refractivity contribution is 0.0530. The van der Waals surface area contributed by atoms with E-state index in [-0.39, 0.29) is 17.5 Å². The van der Waals surface area contributed by atoms with Crippen LogP contribution >= 0.6 is 0 Å². The van der Waals surface area contributed by atoms with Crippen molar-refractivity contribution < 1.29 is 14.3 Å². The maximum absolute atomic E-state index is 13.0. The van der Waals surface area contributed by atoms with Gasteiger partial charge < -0.3 is 14.5 Å². The smallest absolute Gasteiger partial charge is 0.278 e. The Hall–Kier alpha value is -3.61. The molecule has 0 radical (unpaired) electrons. The lowest BCUT2D eigenvalue weighted by Gasteiger charge is -2.34. The molecule has 0 bridgehead atoms. The Morgan fingerprint density at radius 3 is 1.97 bits per heavy atom. The standard InChI is InChI=1S/C22H22N4O3/c1-29-19-16-26(18-10-6-3-7-11-18)23-20(19)22(28)25-14-12-24(13-15-25)21(27)17-8-4-2-5-9-17/h2-11,16H,12-15H2,1H3. The molecule has 148 valence electrons. The van der Waals surface area contributed by atoms with Crippen molar-refractivity contribution in [1.82, 2.24) is 19.6 Å². The molecule has 4 rings (SSSR count). The summed E-state index contributed by atoms with van der Waals surface area (Å²) in [4.78, 5) is 29.1. The number of carbonyl (C=O) groups excluding carboxylic acids is 2. The van der Waals surface area contributed by atoms with Gasteiger partial charge in [-0.3, -0.25) is 9.59 Å². The van der Waals surface area contributed by atoms with E-state index in [9.17, 15) is 9.59 Å². The number of carbonyl (C=O) groups is 2. The molecule has 1 aliphatic heterocycles. The number of ether oxygens (including phenoxy) is 1. The third-order valence-electron chi connectivity index (χ3n) is 5.00. The number of para-hydroxylation sites is 1. The van der Waals surface area contributed by atoms with Crippen LogP contribution in [0.5, 0.6) is 5.75 Å². The third kappa shape index (κ3) is 3.85. The highest BCUT2D eigenvalue weighted by atomic mass is 16.5. The normalized spacial score (nSPS) is 14.0. The summed E-state index contributed by atoms with van der Waals surface area (Å²) in [7, 11) is 1.53. The van der Waals surface area contributed by atoms with Gasteiger partial charge in [-0.05, 0) is 24.3 Å². The van der Waals surface area contributed by atoms with E-state index < -0.39 is 0 Å². The topological polar surface area (TPSA) is 67.7 Å². The molecule has 3 aromatic rings. The summed E-state index contributed by atoms with van der Waals surface area (Å²) in [5.41, 5.74) is 1.79. The zero-order chi connectivity index (χ0) is 20.2. The van der Waals surface area contributed by atoms with Gasteiger partial charge in [-0.15, -0.1) is 0 Å². The van der Waals surface area contributed by atoms with Gasteiger partial charge in [0.15, 0.2) is 11.4 Å². The van der Waals surface area contributed by atoms with Gasteiger partial charge in [0.25, 0.3) is 11.8 Å². The molecule has 29 heavy (non-hydrogen) atoms. The molecule has 2 aromatic carbocycles. The fourth-order valence-corrected chi connectivity index (χ4v) is 3.39. The van der Waals surface area contributed by atoms with Crippen LogP contribution < -0.4 is 4.74 Å². The third-order valence-corrected chi connectivity index (χ3v) is 5.00. The molecule has 0 spiro atoms. The number of nitrogens with zero attached hydrogens (tertiary/aromatic N) is 4. The van der Waals surface area contributed by atoms with Crippen molar-refractivity contribution in [3.8, 4) is 11.4 Å². The first-order valence-corrected chi connectivity index (χ1v) is 9.50. The summed E-state index contributed by atoms with van der Waals surface area (Å²) in [5.74, 6) is 0.230. The monoisotopic (exact) mass is 390 g/mol. The molecule has 2 heterocycles. The average molecular weight is 390 g/mol. The van der Waals surface area contributed by atoms with E-state index in [0.717, 1.165) is 5.69 Å². The van der Waals surface area contributed by atoms with E-state index in [0.29, 0.717) is 37.5 Å². The van der Waals surface area contributed by atoms with Crippen LogP contribution in [0.2, 0.25) is 0 Å². The number of hydrogen-bond donors (Lipinski definition) is 0. The molecule has 1 aromatic heterocycles. The largest absolute Gasteiger partial charge is 0.493 e. The maximum Gasteiger partial charge on any atom is 0.278 e. The molecule has 1 fully saturated rings. The van der Waals surface area contributed by atoms with Crippen molar-refractivity contribution in [3.63, 3.8) is 0 Å². The number of piperazine rings is 1.